The molecule has 10 heteroatoms. The average Bonchev–Trinajstić information content (AvgIpc) is 2.92. The molecule has 196 valence electrons. The minimum absolute atomic E-state index is 0.0487. The Bertz CT molecular complexity index is 1590. The molecule has 1 N–H and O–H groups in total. The molecule has 3 aromatic carbocycles. The number of rotatable bonds is 9. The molecular formula is C28H26FN3O5S. The molecule has 0 bridgehead atoms. The third-order valence-electron chi connectivity index (χ3n) is 5.87. The molecule has 0 aliphatic heterocycles. The number of hydrogen-bond acceptors (Lipinski definition) is 6. The van der Waals surface area contributed by atoms with Crippen molar-refractivity contribution in [1.29, 1.82) is 0 Å². The number of pyridine rings is 1. The van der Waals surface area contributed by atoms with E-state index in [-0.39, 0.29) is 16.1 Å². The number of amides is 1. The number of benzene rings is 3. The molecule has 0 unspecified atom stereocenters. The molecule has 4 rings (SSSR count). The van der Waals surface area contributed by atoms with Crippen molar-refractivity contribution < 1.29 is 27.1 Å². The minimum atomic E-state index is -3.70. The first kappa shape index (κ1) is 26.9. The van der Waals surface area contributed by atoms with E-state index < -0.39 is 34.3 Å². The number of sulfonamides is 1. The van der Waals surface area contributed by atoms with Gasteiger partial charge in [-0.25, -0.2) is 22.6 Å². The number of hydrogen-bond donors (Lipinski definition) is 1. The van der Waals surface area contributed by atoms with Crippen LogP contribution in [0.25, 0.3) is 22.2 Å². The highest BCUT2D eigenvalue weighted by atomic mass is 32.2. The lowest BCUT2D eigenvalue weighted by molar-refractivity contribution is -0.119. The Labute approximate surface area is 220 Å². The third-order valence-corrected chi connectivity index (χ3v) is 7.92. The van der Waals surface area contributed by atoms with Gasteiger partial charge in [0.05, 0.1) is 21.7 Å². The Kier molecular flexibility index (Phi) is 8.13. The van der Waals surface area contributed by atoms with Gasteiger partial charge in [-0.1, -0.05) is 38.1 Å². The summed E-state index contributed by atoms with van der Waals surface area (Å²) in [5.41, 5.74) is 2.06. The summed E-state index contributed by atoms with van der Waals surface area (Å²) < 4.78 is 45.5. The van der Waals surface area contributed by atoms with Crippen molar-refractivity contribution in [1.82, 2.24) is 9.29 Å². The van der Waals surface area contributed by atoms with Crippen LogP contribution in [0, 0.1) is 5.82 Å². The lowest BCUT2D eigenvalue weighted by Crippen LogP contribution is -2.30. The molecule has 0 saturated heterocycles. The number of para-hydroxylation sites is 1. The van der Waals surface area contributed by atoms with Crippen molar-refractivity contribution >= 4 is 38.5 Å². The van der Waals surface area contributed by atoms with Gasteiger partial charge in [-0.2, -0.15) is 4.31 Å². The van der Waals surface area contributed by atoms with E-state index in [0.717, 1.165) is 0 Å². The van der Waals surface area contributed by atoms with Crippen LogP contribution in [0.2, 0.25) is 0 Å². The van der Waals surface area contributed by atoms with Crippen LogP contribution in [-0.2, 0) is 19.6 Å². The topological polar surface area (TPSA) is 106 Å². The number of esters is 1. The minimum Gasteiger partial charge on any atom is -0.452 e. The zero-order valence-electron chi connectivity index (χ0n) is 20.8. The van der Waals surface area contributed by atoms with Crippen LogP contribution in [0.5, 0.6) is 0 Å². The summed E-state index contributed by atoms with van der Waals surface area (Å²) >= 11 is 0. The van der Waals surface area contributed by atoms with Gasteiger partial charge in [0.1, 0.15) is 5.82 Å². The Morgan fingerprint density at radius 2 is 1.66 bits per heavy atom. The maximum atomic E-state index is 13.4. The molecule has 0 spiro atoms. The number of anilines is 1. The highest BCUT2D eigenvalue weighted by molar-refractivity contribution is 7.89. The normalized spacial score (nSPS) is 11.5. The zero-order valence-corrected chi connectivity index (χ0v) is 21.7. The van der Waals surface area contributed by atoms with Crippen molar-refractivity contribution in [2.24, 2.45) is 0 Å². The maximum absolute atomic E-state index is 13.4. The molecule has 0 aliphatic rings. The molecule has 4 aromatic rings. The standard InChI is InChI=1S/C28H26FN3O5S/c1-3-32(4-2)38(35,36)22-9-7-8-21(16-22)30-27(33)18-37-28(34)24-17-26(19-12-14-20(29)15-13-19)31-25-11-6-5-10-23(24)25/h5-17H,3-4,18H2,1-2H3,(H,30,33). The highest BCUT2D eigenvalue weighted by Gasteiger charge is 2.22. The Hall–Kier alpha value is -4.15. The van der Waals surface area contributed by atoms with E-state index in [2.05, 4.69) is 10.3 Å². The van der Waals surface area contributed by atoms with E-state index in [4.69, 9.17) is 4.74 Å². The number of nitrogens with zero attached hydrogens (tertiary/aromatic N) is 2. The van der Waals surface area contributed by atoms with Crippen molar-refractivity contribution in [3.05, 3.63) is 90.2 Å². The van der Waals surface area contributed by atoms with Crippen molar-refractivity contribution in [3.8, 4) is 11.3 Å². The van der Waals surface area contributed by atoms with E-state index in [1.54, 1.807) is 56.3 Å². The Balaban J connectivity index is 1.50. The van der Waals surface area contributed by atoms with E-state index in [0.29, 0.717) is 35.2 Å². The van der Waals surface area contributed by atoms with Crippen LogP contribution in [0.3, 0.4) is 0 Å². The van der Waals surface area contributed by atoms with E-state index in [1.165, 1.54) is 40.7 Å². The molecule has 1 aromatic heterocycles. The molecule has 0 atom stereocenters. The number of ether oxygens (including phenoxy) is 1. The SMILES string of the molecule is CCN(CC)S(=O)(=O)c1cccc(NC(=O)COC(=O)c2cc(-c3ccc(F)cc3)nc3ccccc23)c1. The zero-order chi connectivity index (χ0) is 27.3. The third kappa shape index (κ3) is 5.87. The van der Waals surface area contributed by atoms with Crippen LogP contribution in [-0.4, -0.2) is 49.3 Å². The van der Waals surface area contributed by atoms with Crippen molar-refractivity contribution in [3.63, 3.8) is 0 Å². The molecule has 0 aliphatic carbocycles. The van der Waals surface area contributed by atoms with Gasteiger partial charge in [0.25, 0.3) is 5.91 Å². The first-order valence-corrected chi connectivity index (χ1v) is 13.4. The lowest BCUT2D eigenvalue weighted by Gasteiger charge is -2.18. The van der Waals surface area contributed by atoms with Gasteiger partial charge < -0.3 is 10.1 Å². The second-order valence-electron chi connectivity index (χ2n) is 8.32. The summed E-state index contributed by atoms with van der Waals surface area (Å²) in [5, 5.41) is 3.11. The summed E-state index contributed by atoms with van der Waals surface area (Å²) in [5.74, 6) is -1.76. The van der Waals surface area contributed by atoms with Gasteiger partial charge in [-0.05, 0) is 54.6 Å². The fraction of sp³-hybridized carbons (Fsp3) is 0.179. The molecule has 1 amide bonds. The Morgan fingerprint density at radius 3 is 2.37 bits per heavy atom. The fourth-order valence-corrected chi connectivity index (χ4v) is 5.47. The predicted molar refractivity (Wildman–Crippen MR) is 143 cm³/mol. The number of aromatic nitrogens is 1. The van der Waals surface area contributed by atoms with Gasteiger partial charge in [0.2, 0.25) is 10.0 Å². The number of fused-ring (bicyclic) bond motifs is 1. The molecule has 0 saturated carbocycles. The first-order chi connectivity index (χ1) is 18.2. The number of nitrogens with one attached hydrogen (secondary N) is 1. The van der Waals surface area contributed by atoms with Gasteiger partial charge in [0.15, 0.2) is 6.61 Å². The molecule has 1 heterocycles. The number of carbonyl (C=O) groups excluding carboxylic acids is 2. The van der Waals surface area contributed by atoms with Crippen LogP contribution < -0.4 is 5.32 Å². The molecular weight excluding hydrogens is 509 g/mol. The van der Waals surface area contributed by atoms with E-state index >= 15 is 0 Å². The van der Waals surface area contributed by atoms with Crippen LogP contribution in [0.4, 0.5) is 10.1 Å². The molecule has 0 fully saturated rings. The van der Waals surface area contributed by atoms with E-state index in [9.17, 15) is 22.4 Å². The van der Waals surface area contributed by atoms with Crippen molar-refractivity contribution in [2.45, 2.75) is 18.7 Å². The lowest BCUT2D eigenvalue weighted by atomic mass is 10.0. The number of carbonyl (C=O) groups is 2. The molecule has 0 radical (unpaired) electrons. The first-order valence-electron chi connectivity index (χ1n) is 12.0. The van der Waals surface area contributed by atoms with Crippen LogP contribution in [0.15, 0.2) is 83.8 Å². The van der Waals surface area contributed by atoms with Crippen LogP contribution in [0.1, 0.15) is 24.2 Å². The Morgan fingerprint density at radius 1 is 0.947 bits per heavy atom. The van der Waals surface area contributed by atoms with Crippen LogP contribution >= 0.6 is 0 Å². The molecule has 38 heavy (non-hydrogen) atoms. The smallest absolute Gasteiger partial charge is 0.339 e. The van der Waals surface area contributed by atoms with Gasteiger partial charge in [-0.3, -0.25) is 4.79 Å². The largest absolute Gasteiger partial charge is 0.452 e. The second-order valence-corrected chi connectivity index (χ2v) is 10.3. The molecule has 8 nitrogen and oxygen atoms in total. The second kappa shape index (κ2) is 11.5. The number of halogens is 1. The maximum Gasteiger partial charge on any atom is 0.339 e. The summed E-state index contributed by atoms with van der Waals surface area (Å²) in [4.78, 5) is 30.2. The summed E-state index contributed by atoms with van der Waals surface area (Å²) in [6.07, 6.45) is 0. The average molecular weight is 536 g/mol. The predicted octanol–water partition coefficient (Wildman–Crippen LogP) is 4.87. The quantitative estimate of drug-likeness (QED) is 0.307. The fourth-order valence-electron chi connectivity index (χ4n) is 3.97. The summed E-state index contributed by atoms with van der Waals surface area (Å²) in [7, 11) is -3.70. The van der Waals surface area contributed by atoms with Gasteiger partial charge in [-0.15, -0.1) is 0 Å². The highest BCUT2D eigenvalue weighted by Crippen LogP contribution is 2.26. The summed E-state index contributed by atoms with van der Waals surface area (Å²) in [6.45, 7) is 3.54. The monoisotopic (exact) mass is 535 g/mol. The van der Waals surface area contributed by atoms with Gasteiger partial charge >= 0.3 is 5.97 Å². The van der Waals surface area contributed by atoms with Crippen molar-refractivity contribution in [2.75, 3.05) is 25.0 Å². The van der Waals surface area contributed by atoms with Gasteiger partial charge in [0, 0.05) is 29.7 Å². The summed E-state index contributed by atoms with van der Waals surface area (Å²) in [6, 6.07) is 20.1. The van der Waals surface area contributed by atoms with E-state index in [1.807, 2.05) is 0 Å².